The van der Waals surface area contributed by atoms with Crippen LogP contribution >= 0.6 is 11.6 Å². The molecule has 2 aliphatic heterocycles. The van der Waals surface area contributed by atoms with Gasteiger partial charge < -0.3 is 20.9 Å². The predicted octanol–water partition coefficient (Wildman–Crippen LogP) is 2.68. The highest BCUT2D eigenvalue weighted by atomic mass is 35.5. The zero-order chi connectivity index (χ0) is 21.3. The summed E-state index contributed by atoms with van der Waals surface area (Å²) in [5.41, 5.74) is 1.01. The zero-order valence-corrected chi connectivity index (χ0v) is 18.0. The first kappa shape index (κ1) is 22.4. The standard InChI is InChI=1S/C22H31ClN4O3/c23-19-6-4-17(5-7-19)14-26-22(30)24-10-2-1-3-16-8-11-27(12-9-16)21(29)18-13-20(28)25-15-18/h4-7,16,18H,1-3,8-15H2,(H,25,28)(H2,24,26,30). The van der Waals surface area contributed by atoms with E-state index in [0.717, 1.165) is 50.8 Å². The van der Waals surface area contributed by atoms with Crippen molar-refractivity contribution in [3.05, 3.63) is 34.9 Å². The Kier molecular flexibility index (Phi) is 8.37. The maximum atomic E-state index is 12.5. The maximum Gasteiger partial charge on any atom is 0.315 e. The number of amides is 4. The molecule has 0 aliphatic carbocycles. The second-order valence-electron chi connectivity index (χ2n) is 8.21. The van der Waals surface area contributed by atoms with Gasteiger partial charge in [-0.15, -0.1) is 0 Å². The first-order valence-corrected chi connectivity index (χ1v) is 11.2. The number of urea groups is 1. The molecule has 8 heteroatoms. The van der Waals surface area contributed by atoms with Crippen LogP contribution < -0.4 is 16.0 Å². The van der Waals surface area contributed by atoms with Crippen LogP contribution in [0.4, 0.5) is 4.79 Å². The number of hydrogen-bond donors (Lipinski definition) is 3. The van der Waals surface area contributed by atoms with Crippen molar-refractivity contribution in [2.24, 2.45) is 11.8 Å². The van der Waals surface area contributed by atoms with E-state index in [4.69, 9.17) is 11.6 Å². The Morgan fingerprint density at radius 1 is 1.10 bits per heavy atom. The number of piperidine rings is 1. The van der Waals surface area contributed by atoms with E-state index in [1.54, 1.807) is 0 Å². The number of carbonyl (C=O) groups excluding carboxylic acids is 3. The van der Waals surface area contributed by atoms with Crippen molar-refractivity contribution in [1.29, 1.82) is 0 Å². The van der Waals surface area contributed by atoms with E-state index in [9.17, 15) is 14.4 Å². The van der Waals surface area contributed by atoms with Crippen LogP contribution in [0.5, 0.6) is 0 Å². The summed E-state index contributed by atoms with van der Waals surface area (Å²) in [4.78, 5) is 37.5. The van der Waals surface area contributed by atoms with Crippen LogP contribution in [0.1, 0.15) is 44.1 Å². The Morgan fingerprint density at radius 3 is 2.50 bits per heavy atom. The van der Waals surface area contributed by atoms with E-state index in [0.29, 0.717) is 37.0 Å². The number of benzene rings is 1. The molecule has 3 rings (SSSR count). The molecule has 0 saturated carbocycles. The minimum Gasteiger partial charge on any atom is -0.355 e. The Labute approximate surface area is 182 Å². The van der Waals surface area contributed by atoms with Crippen LogP contribution in [0, 0.1) is 11.8 Å². The van der Waals surface area contributed by atoms with Crippen LogP contribution in [0.2, 0.25) is 5.02 Å². The van der Waals surface area contributed by atoms with Gasteiger partial charge in [0.2, 0.25) is 11.8 Å². The molecule has 1 atom stereocenters. The number of halogens is 1. The highest BCUT2D eigenvalue weighted by molar-refractivity contribution is 6.30. The van der Waals surface area contributed by atoms with Gasteiger partial charge in [0.05, 0.1) is 5.92 Å². The van der Waals surface area contributed by atoms with Gasteiger partial charge in [-0.05, 0) is 42.9 Å². The van der Waals surface area contributed by atoms with Crippen molar-refractivity contribution >= 4 is 29.4 Å². The van der Waals surface area contributed by atoms with E-state index in [1.807, 2.05) is 29.2 Å². The molecule has 2 saturated heterocycles. The third-order valence-corrected chi connectivity index (χ3v) is 6.20. The number of nitrogens with zero attached hydrogens (tertiary/aromatic N) is 1. The average molecular weight is 435 g/mol. The van der Waals surface area contributed by atoms with Gasteiger partial charge in [-0.3, -0.25) is 9.59 Å². The molecule has 0 spiro atoms. The lowest BCUT2D eigenvalue weighted by Crippen LogP contribution is -2.42. The van der Waals surface area contributed by atoms with Gasteiger partial charge in [-0.2, -0.15) is 0 Å². The molecule has 0 aromatic heterocycles. The Bertz CT molecular complexity index is 732. The number of rotatable bonds is 8. The van der Waals surface area contributed by atoms with Crippen molar-refractivity contribution in [1.82, 2.24) is 20.9 Å². The van der Waals surface area contributed by atoms with Gasteiger partial charge in [0, 0.05) is 44.2 Å². The molecular formula is C22H31ClN4O3. The smallest absolute Gasteiger partial charge is 0.315 e. The molecule has 2 fully saturated rings. The Morgan fingerprint density at radius 2 is 1.83 bits per heavy atom. The summed E-state index contributed by atoms with van der Waals surface area (Å²) in [6, 6.07) is 7.25. The zero-order valence-electron chi connectivity index (χ0n) is 17.3. The largest absolute Gasteiger partial charge is 0.355 e. The van der Waals surface area contributed by atoms with Crippen molar-refractivity contribution in [2.75, 3.05) is 26.2 Å². The summed E-state index contributed by atoms with van der Waals surface area (Å²) in [5, 5.41) is 9.16. The van der Waals surface area contributed by atoms with Gasteiger partial charge >= 0.3 is 6.03 Å². The van der Waals surface area contributed by atoms with E-state index < -0.39 is 0 Å². The van der Waals surface area contributed by atoms with Crippen LogP contribution in [0.15, 0.2) is 24.3 Å². The molecule has 1 aromatic carbocycles. The summed E-state index contributed by atoms with van der Waals surface area (Å²) in [5.74, 6) is 0.568. The van der Waals surface area contributed by atoms with Gasteiger partial charge in [0.25, 0.3) is 0 Å². The fourth-order valence-corrected chi connectivity index (χ4v) is 4.21. The Hall–Kier alpha value is -2.28. The van der Waals surface area contributed by atoms with Gasteiger partial charge in [-0.25, -0.2) is 4.79 Å². The molecule has 1 aromatic rings. The first-order valence-electron chi connectivity index (χ1n) is 10.8. The first-order chi connectivity index (χ1) is 14.5. The average Bonchev–Trinajstić information content (AvgIpc) is 3.19. The maximum absolute atomic E-state index is 12.5. The van der Waals surface area contributed by atoms with Crippen molar-refractivity contribution in [2.45, 2.75) is 45.1 Å². The topological polar surface area (TPSA) is 90.5 Å². The molecule has 3 N–H and O–H groups in total. The predicted molar refractivity (Wildman–Crippen MR) is 116 cm³/mol. The van der Waals surface area contributed by atoms with Crippen LogP contribution in [-0.4, -0.2) is 48.9 Å². The Balaban J connectivity index is 1.22. The van der Waals surface area contributed by atoms with Crippen LogP contribution in [0.25, 0.3) is 0 Å². The molecule has 0 radical (unpaired) electrons. The summed E-state index contributed by atoms with van der Waals surface area (Å²) in [6.07, 6.45) is 5.52. The van der Waals surface area contributed by atoms with E-state index in [2.05, 4.69) is 16.0 Å². The summed E-state index contributed by atoms with van der Waals surface area (Å²) >= 11 is 5.85. The molecule has 0 bridgehead atoms. The lowest BCUT2D eigenvalue weighted by Gasteiger charge is -2.33. The quantitative estimate of drug-likeness (QED) is 0.549. The summed E-state index contributed by atoms with van der Waals surface area (Å²) in [7, 11) is 0. The normalized spacial score (nSPS) is 19.4. The van der Waals surface area contributed by atoms with Gasteiger partial charge in [0.1, 0.15) is 0 Å². The fourth-order valence-electron chi connectivity index (χ4n) is 4.09. The van der Waals surface area contributed by atoms with Crippen molar-refractivity contribution < 1.29 is 14.4 Å². The molecule has 1 unspecified atom stereocenters. The lowest BCUT2D eigenvalue weighted by molar-refractivity contribution is -0.137. The molecule has 2 aliphatic rings. The second kappa shape index (κ2) is 11.2. The van der Waals surface area contributed by atoms with E-state index in [-0.39, 0.29) is 23.8 Å². The van der Waals surface area contributed by atoms with E-state index >= 15 is 0 Å². The molecular weight excluding hydrogens is 404 g/mol. The minimum atomic E-state index is -0.175. The highest BCUT2D eigenvalue weighted by Crippen LogP contribution is 2.24. The van der Waals surface area contributed by atoms with Crippen LogP contribution in [-0.2, 0) is 16.1 Å². The summed E-state index contributed by atoms with van der Waals surface area (Å²) in [6.45, 7) is 3.20. The van der Waals surface area contributed by atoms with Crippen molar-refractivity contribution in [3.63, 3.8) is 0 Å². The minimum absolute atomic E-state index is 0.0180. The third kappa shape index (κ3) is 6.90. The van der Waals surface area contributed by atoms with Gasteiger partial charge in [-0.1, -0.05) is 36.6 Å². The number of hydrogen-bond acceptors (Lipinski definition) is 3. The third-order valence-electron chi connectivity index (χ3n) is 5.94. The summed E-state index contributed by atoms with van der Waals surface area (Å²) < 4.78 is 0. The fraction of sp³-hybridized carbons (Fsp3) is 0.591. The SMILES string of the molecule is O=C1CC(C(=O)N2CCC(CCCCNC(=O)NCc3ccc(Cl)cc3)CC2)CN1. The molecule has 2 heterocycles. The molecule has 4 amide bonds. The molecule has 30 heavy (non-hydrogen) atoms. The van der Waals surface area contributed by atoms with E-state index in [1.165, 1.54) is 0 Å². The number of unbranched alkanes of at least 4 members (excludes halogenated alkanes) is 1. The van der Waals surface area contributed by atoms with Crippen molar-refractivity contribution in [3.8, 4) is 0 Å². The number of carbonyl (C=O) groups is 3. The highest BCUT2D eigenvalue weighted by Gasteiger charge is 2.32. The second-order valence-corrected chi connectivity index (χ2v) is 8.64. The lowest BCUT2D eigenvalue weighted by atomic mass is 9.91. The molecule has 164 valence electrons. The van der Waals surface area contributed by atoms with Crippen LogP contribution in [0.3, 0.4) is 0 Å². The molecule has 7 nitrogen and oxygen atoms in total. The number of nitrogens with one attached hydrogen (secondary N) is 3. The van der Waals surface area contributed by atoms with Gasteiger partial charge in [0.15, 0.2) is 0 Å². The number of likely N-dealkylation sites (tertiary alicyclic amines) is 1. The monoisotopic (exact) mass is 434 g/mol.